The number of fused-ring (bicyclic) bond motifs is 2. The van der Waals surface area contributed by atoms with Gasteiger partial charge in [0.1, 0.15) is 6.10 Å². The summed E-state index contributed by atoms with van der Waals surface area (Å²) in [6.07, 6.45) is -0.351. The largest absolute Gasteiger partial charge is 0.457 e. The van der Waals surface area contributed by atoms with Crippen molar-refractivity contribution in [1.29, 1.82) is 0 Å². The zero-order valence-corrected chi connectivity index (χ0v) is 18.1. The Morgan fingerprint density at radius 2 is 1.34 bits per heavy atom. The lowest BCUT2D eigenvalue weighted by Gasteiger charge is -2.19. The molecular weight excluding hydrogens is 410 g/mol. The molecule has 0 N–H and O–H groups in total. The van der Waals surface area contributed by atoms with Crippen molar-refractivity contribution in [2.24, 2.45) is 14.1 Å². The third kappa shape index (κ3) is 3.53. The van der Waals surface area contributed by atoms with Crippen LogP contribution in [0.2, 0.25) is 0 Å². The van der Waals surface area contributed by atoms with Gasteiger partial charge >= 0.3 is 23.0 Å². The number of benzene rings is 3. The lowest BCUT2D eigenvalue weighted by molar-refractivity contribution is 0.0247. The van der Waals surface area contributed by atoms with E-state index < -0.39 is 29.1 Å². The third-order valence-corrected chi connectivity index (χ3v) is 5.70. The first-order valence-electron chi connectivity index (χ1n) is 10.3. The average molecular weight is 433 g/mol. The SMILES string of the molecule is CCC(Cn1c(=O)n(C)c(=O)n(C)c1=O)OC(=O)c1c2ccccc2cc2ccccc12. The second-order valence-electron chi connectivity index (χ2n) is 7.71. The Labute approximate surface area is 182 Å². The molecule has 0 aliphatic carbocycles. The van der Waals surface area contributed by atoms with Crippen LogP contribution < -0.4 is 17.1 Å². The summed E-state index contributed by atoms with van der Waals surface area (Å²) in [5, 5.41) is 3.35. The van der Waals surface area contributed by atoms with Gasteiger partial charge in [0.15, 0.2) is 0 Å². The van der Waals surface area contributed by atoms with Crippen molar-refractivity contribution < 1.29 is 9.53 Å². The topological polar surface area (TPSA) is 92.3 Å². The fraction of sp³-hybridized carbons (Fsp3) is 0.250. The normalized spacial score (nSPS) is 12.2. The summed E-state index contributed by atoms with van der Waals surface area (Å²) < 4.78 is 8.42. The maximum absolute atomic E-state index is 13.3. The number of nitrogens with zero attached hydrogens (tertiary/aromatic N) is 3. The Bertz CT molecular complexity index is 1430. The van der Waals surface area contributed by atoms with Crippen molar-refractivity contribution in [3.8, 4) is 0 Å². The molecule has 0 saturated heterocycles. The summed E-state index contributed by atoms with van der Waals surface area (Å²) in [5.74, 6) is -0.528. The standard InChI is InChI=1S/C24H23N3O5/c1-4-17(14-27-23(30)25(2)22(29)26(3)24(27)31)32-21(28)20-18-11-7-5-9-15(18)13-16-10-6-8-12-19(16)20/h5-13,17H,4,14H2,1-3H3. The molecule has 0 aliphatic rings. The first-order valence-corrected chi connectivity index (χ1v) is 10.3. The highest BCUT2D eigenvalue weighted by atomic mass is 16.5. The molecule has 164 valence electrons. The molecule has 0 radical (unpaired) electrons. The van der Waals surface area contributed by atoms with Crippen molar-refractivity contribution in [3.63, 3.8) is 0 Å². The molecule has 0 bridgehead atoms. The van der Waals surface area contributed by atoms with Crippen LogP contribution in [0.5, 0.6) is 0 Å². The molecule has 1 heterocycles. The van der Waals surface area contributed by atoms with E-state index in [4.69, 9.17) is 4.74 Å². The monoisotopic (exact) mass is 433 g/mol. The molecule has 1 unspecified atom stereocenters. The van der Waals surface area contributed by atoms with E-state index in [2.05, 4.69) is 0 Å². The van der Waals surface area contributed by atoms with Crippen molar-refractivity contribution in [1.82, 2.24) is 13.7 Å². The van der Waals surface area contributed by atoms with Gasteiger partial charge in [0, 0.05) is 14.1 Å². The highest BCUT2D eigenvalue weighted by Gasteiger charge is 2.22. The number of aromatic nitrogens is 3. The minimum Gasteiger partial charge on any atom is -0.457 e. The predicted octanol–water partition coefficient (Wildman–Crippen LogP) is 2.19. The summed E-state index contributed by atoms with van der Waals surface area (Å²) in [6.45, 7) is 1.65. The van der Waals surface area contributed by atoms with Gasteiger partial charge in [0.25, 0.3) is 0 Å². The molecule has 8 heteroatoms. The Balaban J connectivity index is 1.76. The van der Waals surface area contributed by atoms with E-state index in [0.29, 0.717) is 12.0 Å². The van der Waals surface area contributed by atoms with E-state index in [1.165, 1.54) is 14.1 Å². The maximum Gasteiger partial charge on any atom is 0.339 e. The smallest absolute Gasteiger partial charge is 0.339 e. The zero-order chi connectivity index (χ0) is 23.0. The number of hydrogen-bond acceptors (Lipinski definition) is 5. The zero-order valence-electron chi connectivity index (χ0n) is 18.1. The highest BCUT2D eigenvalue weighted by molar-refractivity contribution is 6.16. The molecular formula is C24H23N3O5. The van der Waals surface area contributed by atoms with E-state index in [0.717, 1.165) is 35.2 Å². The van der Waals surface area contributed by atoms with E-state index in [-0.39, 0.29) is 6.54 Å². The van der Waals surface area contributed by atoms with Crippen LogP contribution in [-0.2, 0) is 25.4 Å². The Kier molecular flexibility index (Phi) is 5.52. The van der Waals surface area contributed by atoms with Crippen LogP contribution in [0.25, 0.3) is 21.5 Å². The molecule has 4 rings (SSSR count). The van der Waals surface area contributed by atoms with E-state index in [1.54, 1.807) is 6.92 Å². The average Bonchev–Trinajstić information content (AvgIpc) is 2.81. The van der Waals surface area contributed by atoms with Crippen LogP contribution in [0.1, 0.15) is 23.7 Å². The summed E-state index contributed by atoms with van der Waals surface area (Å²) >= 11 is 0. The quantitative estimate of drug-likeness (QED) is 0.355. The van der Waals surface area contributed by atoms with Crippen LogP contribution in [0.3, 0.4) is 0 Å². The van der Waals surface area contributed by atoms with Crippen LogP contribution in [0.15, 0.2) is 69.0 Å². The Morgan fingerprint density at radius 3 is 1.84 bits per heavy atom. The number of rotatable bonds is 5. The molecule has 0 saturated carbocycles. The molecule has 4 aromatic rings. The van der Waals surface area contributed by atoms with Gasteiger partial charge < -0.3 is 4.74 Å². The summed E-state index contributed by atoms with van der Waals surface area (Å²) in [7, 11) is 2.60. The van der Waals surface area contributed by atoms with E-state index in [1.807, 2.05) is 54.6 Å². The second kappa shape index (κ2) is 8.30. The molecule has 0 fully saturated rings. The molecule has 1 atom stereocenters. The molecule has 0 amide bonds. The number of ether oxygens (including phenoxy) is 1. The van der Waals surface area contributed by atoms with Gasteiger partial charge in [0.2, 0.25) is 0 Å². The van der Waals surface area contributed by atoms with Crippen LogP contribution in [-0.4, -0.2) is 25.8 Å². The minimum atomic E-state index is -0.747. The second-order valence-corrected chi connectivity index (χ2v) is 7.71. The maximum atomic E-state index is 13.3. The highest BCUT2D eigenvalue weighted by Crippen LogP contribution is 2.29. The Hall–Kier alpha value is -3.94. The first-order chi connectivity index (χ1) is 15.3. The molecule has 8 nitrogen and oxygen atoms in total. The summed E-state index contributed by atoms with van der Waals surface area (Å²) in [4.78, 5) is 50.3. The minimum absolute atomic E-state index is 0.148. The summed E-state index contributed by atoms with van der Waals surface area (Å²) in [5.41, 5.74) is -1.76. The van der Waals surface area contributed by atoms with Gasteiger partial charge in [-0.05, 0) is 34.0 Å². The first kappa shape index (κ1) is 21.3. The van der Waals surface area contributed by atoms with Gasteiger partial charge in [0.05, 0.1) is 12.1 Å². The van der Waals surface area contributed by atoms with Gasteiger partial charge in [-0.15, -0.1) is 0 Å². The van der Waals surface area contributed by atoms with Crippen molar-refractivity contribution in [2.75, 3.05) is 0 Å². The summed E-state index contributed by atoms with van der Waals surface area (Å²) in [6, 6.07) is 17.2. The van der Waals surface area contributed by atoms with E-state index in [9.17, 15) is 19.2 Å². The lowest BCUT2D eigenvalue weighted by Crippen LogP contribution is -2.53. The number of carbonyl (C=O) groups is 1. The van der Waals surface area contributed by atoms with E-state index >= 15 is 0 Å². The van der Waals surface area contributed by atoms with Crippen LogP contribution >= 0.6 is 0 Å². The lowest BCUT2D eigenvalue weighted by atomic mass is 9.97. The predicted molar refractivity (Wildman–Crippen MR) is 122 cm³/mol. The molecule has 0 spiro atoms. The van der Waals surface area contributed by atoms with Gasteiger partial charge in [-0.1, -0.05) is 55.5 Å². The molecule has 32 heavy (non-hydrogen) atoms. The van der Waals surface area contributed by atoms with Crippen molar-refractivity contribution >= 4 is 27.5 Å². The fourth-order valence-electron chi connectivity index (χ4n) is 3.89. The fourth-order valence-corrected chi connectivity index (χ4v) is 3.89. The van der Waals surface area contributed by atoms with Gasteiger partial charge in [-0.3, -0.25) is 0 Å². The molecule has 0 aliphatic heterocycles. The molecule has 1 aromatic heterocycles. The van der Waals surface area contributed by atoms with Crippen molar-refractivity contribution in [2.45, 2.75) is 26.0 Å². The van der Waals surface area contributed by atoms with Crippen LogP contribution in [0, 0.1) is 0 Å². The van der Waals surface area contributed by atoms with Crippen molar-refractivity contribution in [3.05, 3.63) is 91.6 Å². The Morgan fingerprint density at radius 1 is 0.844 bits per heavy atom. The van der Waals surface area contributed by atoms with Crippen LogP contribution in [0.4, 0.5) is 0 Å². The molecule has 3 aromatic carbocycles. The number of esters is 1. The number of hydrogen-bond donors (Lipinski definition) is 0. The third-order valence-electron chi connectivity index (χ3n) is 5.70. The van der Waals surface area contributed by atoms with Gasteiger partial charge in [-0.25, -0.2) is 32.9 Å². The number of carbonyl (C=O) groups excluding carboxylic acids is 1. The van der Waals surface area contributed by atoms with Gasteiger partial charge in [-0.2, -0.15) is 0 Å².